The number of hydrogen-bond donors (Lipinski definition) is 1. The number of hydrogen-bond acceptors (Lipinski definition) is 3. The molecule has 0 spiro atoms. The van der Waals surface area contributed by atoms with E-state index in [1.165, 1.54) is 0 Å². The molecule has 1 heterocycles. The van der Waals surface area contributed by atoms with E-state index in [0.717, 1.165) is 21.7 Å². The molecule has 0 amide bonds. The predicted molar refractivity (Wildman–Crippen MR) is 85.6 cm³/mol. The number of halogens is 2. The molecule has 0 aliphatic carbocycles. The average molecular weight is 359 g/mol. The van der Waals surface area contributed by atoms with Gasteiger partial charge in [0.05, 0.1) is 22.8 Å². The van der Waals surface area contributed by atoms with E-state index in [-0.39, 0.29) is 6.04 Å². The second kappa shape index (κ2) is 6.50. The Balaban J connectivity index is 2.30. The molecule has 0 saturated carbocycles. The van der Waals surface area contributed by atoms with Gasteiger partial charge in [-0.3, -0.25) is 0 Å². The summed E-state index contributed by atoms with van der Waals surface area (Å²) in [5.74, 6) is 1.71. The van der Waals surface area contributed by atoms with Crippen molar-refractivity contribution in [2.75, 3.05) is 11.9 Å². The Bertz CT molecular complexity index is 600. The van der Waals surface area contributed by atoms with Gasteiger partial charge in [-0.1, -0.05) is 11.6 Å². The van der Waals surface area contributed by atoms with E-state index in [2.05, 4.69) is 26.2 Å². The van der Waals surface area contributed by atoms with Crippen LogP contribution in [0.2, 0.25) is 5.02 Å². The Morgan fingerprint density at radius 1 is 1.50 bits per heavy atom. The summed E-state index contributed by atoms with van der Waals surface area (Å²) in [5.41, 5.74) is 0.849. The maximum Gasteiger partial charge on any atom is 0.156 e. The summed E-state index contributed by atoms with van der Waals surface area (Å²) in [4.78, 5) is 4.35. The van der Waals surface area contributed by atoms with Crippen LogP contribution in [-0.4, -0.2) is 16.2 Å². The van der Waals surface area contributed by atoms with Crippen LogP contribution in [0.1, 0.15) is 25.7 Å². The van der Waals surface area contributed by atoms with Crippen LogP contribution >= 0.6 is 27.5 Å². The molecule has 1 N–H and O–H groups in total. The first-order valence-corrected chi connectivity index (χ1v) is 7.55. The molecule has 108 valence electrons. The fourth-order valence-corrected chi connectivity index (χ4v) is 2.98. The monoisotopic (exact) mass is 357 g/mol. The number of aromatic nitrogens is 2. The molecule has 20 heavy (non-hydrogen) atoms. The van der Waals surface area contributed by atoms with Crippen molar-refractivity contribution in [1.29, 1.82) is 0 Å². The quantitative estimate of drug-likeness (QED) is 0.860. The van der Waals surface area contributed by atoms with Crippen molar-refractivity contribution in [1.82, 2.24) is 9.55 Å². The number of imidazole rings is 1. The summed E-state index contributed by atoms with van der Waals surface area (Å²) in [6, 6.07) is 3.72. The SMILES string of the molecule is CCOc1c(Br)cc(Cl)cc1NC(C)c1nccn1C. The summed E-state index contributed by atoms with van der Waals surface area (Å²) in [7, 11) is 1.97. The zero-order valence-corrected chi connectivity index (χ0v) is 14.0. The second-order valence-corrected chi connectivity index (χ2v) is 5.75. The van der Waals surface area contributed by atoms with Crippen molar-refractivity contribution in [2.24, 2.45) is 7.05 Å². The minimum atomic E-state index is 0.0413. The number of rotatable bonds is 5. The van der Waals surface area contributed by atoms with Crippen molar-refractivity contribution in [2.45, 2.75) is 19.9 Å². The van der Waals surface area contributed by atoms with E-state index in [4.69, 9.17) is 16.3 Å². The summed E-state index contributed by atoms with van der Waals surface area (Å²) in [5, 5.41) is 4.05. The Labute approximate surface area is 132 Å². The number of anilines is 1. The highest BCUT2D eigenvalue weighted by atomic mass is 79.9. The van der Waals surface area contributed by atoms with Crippen molar-refractivity contribution in [3.8, 4) is 5.75 Å². The third-order valence-corrected chi connectivity index (χ3v) is 3.72. The Morgan fingerprint density at radius 3 is 2.85 bits per heavy atom. The van der Waals surface area contributed by atoms with Crippen LogP contribution in [0.3, 0.4) is 0 Å². The van der Waals surface area contributed by atoms with Gasteiger partial charge in [0.15, 0.2) is 5.75 Å². The third kappa shape index (κ3) is 3.27. The lowest BCUT2D eigenvalue weighted by Crippen LogP contribution is -2.13. The zero-order valence-electron chi connectivity index (χ0n) is 11.7. The van der Waals surface area contributed by atoms with E-state index in [1.54, 1.807) is 6.20 Å². The molecule has 1 aromatic carbocycles. The molecule has 0 aliphatic heterocycles. The molecule has 4 nitrogen and oxygen atoms in total. The van der Waals surface area contributed by atoms with Crippen LogP contribution in [0.5, 0.6) is 5.75 Å². The molecule has 1 aromatic heterocycles. The van der Waals surface area contributed by atoms with Gasteiger partial charge in [-0.15, -0.1) is 0 Å². The van der Waals surface area contributed by atoms with E-state index in [1.807, 2.05) is 43.8 Å². The van der Waals surface area contributed by atoms with Crippen LogP contribution < -0.4 is 10.1 Å². The first-order chi connectivity index (χ1) is 9.52. The highest BCUT2D eigenvalue weighted by molar-refractivity contribution is 9.10. The van der Waals surface area contributed by atoms with Gasteiger partial charge in [-0.25, -0.2) is 4.98 Å². The Hall–Kier alpha value is -1.20. The molecular formula is C14H17BrClN3O. The van der Waals surface area contributed by atoms with Crippen molar-refractivity contribution < 1.29 is 4.74 Å². The molecule has 1 unspecified atom stereocenters. The van der Waals surface area contributed by atoms with Gasteiger partial charge in [0.2, 0.25) is 0 Å². The lowest BCUT2D eigenvalue weighted by atomic mass is 10.2. The molecule has 0 radical (unpaired) electrons. The highest BCUT2D eigenvalue weighted by Gasteiger charge is 2.15. The summed E-state index contributed by atoms with van der Waals surface area (Å²) in [6.45, 7) is 4.59. The fourth-order valence-electron chi connectivity index (χ4n) is 2.05. The molecular weight excluding hydrogens is 342 g/mol. The Kier molecular flexibility index (Phi) is 4.94. The van der Waals surface area contributed by atoms with Crippen molar-refractivity contribution in [3.05, 3.63) is 39.8 Å². The lowest BCUT2D eigenvalue weighted by Gasteiger charge is -2.19. The lowest BCUT2D eigenvalue weighted by molar-refractivity contribution is 0.339. The summed E-state index contributed by atoms with van der Waals surface area (Å²) >= 11 is 9.60. The van der Waals surface area contributed by atoms with Crippen molar-refractivity contribution >= 4 is 33.2 Å². The largest absolute Gasteiger partial charge is 0.491 e. The van der Waals surface area contributed by atoms with Crippen LogP contribution in [0.15, 0.2) is 29.0 Å². The molecule has 0 bridgehead atoms. The van der Waals surface area contributed by atoms with Gasteiger partial charge in [0.25, 0.3) is 0 Å². The number of aryl methyl sites for hydroxylation is 1. The van der Waals surface area contributed by atoms with Gasteiger partial charge in [-0.05, 0) is 41.9 Å². The van der Waals surface area contributed by atoms with Crippen molar-refractivity contribution in [3.63, 3.8) is 0 Å². The second-order valence-electron chi connectivity index (χ2n) is 4.46. The molecule has 0 fully saturated rings. The van der Waals surface area contributed by atoms with Crippen LogP contribution in [-0.2, 0) is 7.05 Å². The summed E-state index contributed by atoms with van der Waals surface area (Å²) < 4.78 is 8.49. The minimum absolute atomic E-state index is 0.0413. The van der Waals surface area contributed by atoms with E-state index in [9.17, 15) is 0 Å². The van der Waals surface area contributed by atoms with Gasteiger partial charge >= 0.3 is 0 Å². The number of nitrogens with one attached hydrogen (secondary N) is 1. The molecule has 1 atom stereocenters. The zero-order chi connectivity index (χ0) is 14.7. The number of nitrogens with zero attached hydrogens (tertiary/aromatic N) is 2. The maximum absolute atomic E-state index is 6.12. The maximum atomic E-state index is 6.12. The smallest absolute Gasteiger partial charge is 0.156 e. The highest BCUT2D eigenvalue weighted by Crippen LogP contribution is 2.38. The Morgan fingerprint density at radius 2 is 2.25 bits per heavy atom. The molecule has 2 rings (SSSR count). The van der Waals surface area contributed by atoms with Gasteiger partial charge in [0.1, 0.15) is 5.82 Å². The standard InChI is InChI=1S/C14H17BrClN3O/c1-4-20-13-11(15)7-10(16)8-12(13)18-9(2)14-17-5-6-19(14)3/h5-9,18H,4H2,1-3H3. The number of ether oxygens (including phenoxy) is 1. The minimum Gasteiger partial charge on any atom is -0.491 e. The molecule has 2 aromatic rings. The van der Waals surface area contributed by atoms with Crippen LogP contribution in [0, 0.1) is 0 Å². The average Bonchev–Trinajstić information content (AvgIpc) is 2.80. The molecule has 0 saturated heterocycles. The van der Waals surface area contributed by atoms with Crippen LogP contribution in [0.4, 0.5) is 5.69 Å². The number of benzene rings is 1. The normalized spacial score (nSPS) is 12.2. The van der Waals surface area contributed by atoms with Gasteiger partial charge in [-0.2, -0.15) is 0 Å². The topological polar surface area (TPSA) is 39.1 Å². The van der Waals surface area contributed by atoms with E-state index < -0.39 is 0 Å². The molecule has 6 heteroatoms. The van der Waals surface area contributed by atoms with Gasteiger partial charge in [0, 0.05) is 24.5 Å². The molecule has 0 aliphatic rings. The summed E-state index contributed by atoms with van der Waals surface area (Å²) in [6.07, 6.45) is 3.70. The van der Waals surface area contributed by atoms with Crippen LogP contribution in [0.25, 0.3) is 0 Å². The fraction of sp³-hybridized carbons (Fsp3) is 0.357. The third-order valence-electron chi connectivity index (χ3n) is 2.91. The van der Waals surface area contributed by atoms with E-state index in [0.29, 0.717) is 11.6 Å². The first-order valence-electron chi connectivity index (χ1n) is 6.38. The predicted octanol–water partition coefficient (Wildman–Crippen LogP) is 4.41. The first kappa shape index (κ1) is 15.2. The van der Waals surface area contributed by atoms with Gasteiger partial charge < -0.3 is 14.6 Å². The van der Waals surface area contributed by atoms with E-state index >= 15 is 0 Å².